The number of thiazole rings is 1. The molecule has 4 N–H and O–H groups in total. The molecule has 14 nitrogen and oxygen atoms in total. The molecule has 16 heteroatoms. The molecule has 1 saturated heterocycles. The van der Waals surface area contributed by atoms with Crippen LogP contribution in [0.2, 0.25) is 5.02 Å². The Hall–Kier alpha value is -5.82. The van der Waals surface area contributed by atoms with Crippen LogP contribution >= 0.6 is 22.9 Å². The maximum Gasteiger partial charge on any atom is 0.270 e. The molecule has 2 aromatic carbocycles. The number of carbonyl (C=O) groups excluding carboxylic acids is 3. The van der Waals surface area contributed by atoms with Gasteiger partial charge >= 0.3 is 0 Å². The molecule has 3 aromatic heterocycles. The molecule has 5 aromatic rings. The number of rotatable bonds is 18. The Morgan fingerprint density at radius 1 is 0.985 bits per heavy atom. The van der Waals surface area contributed by atoms with E-state index in [1.807, 2.05) is 81.3 Å². The van der Waals surface area contributed by atoms with Crippen molar-refractivity contribution in [3.63, 3.8) is 0 Å². The van der Waals surface area contributed by atoms with Crippen LogP contribution in [0, 0.1) is 35.0 Å². The first-order valence-electron chi connectivity index (χ1n) is 23.5. The molecular weight excluding hydrogens is 898 g/mol. The second-order valence-corrected chi connectivity index (χ2v) is 21.1. The van der Waals surface area contributed by atoms with Crippen molar-refractivity contribution in [2.75, 3.05) is 18.4 Å². The van der Waals surface area contributed by atoms with Gasteiger partial charge in [0.2, 0.25) is 11.8 Å². The van der Waals surface area contributed by atoms with E-state index < -0.39 is 28.9 Å². The van der Waals surface area contributed by atoms with E-state index in [0.717, 1.165) is 65.3 Å². The molecule has 2 aliphatic rings. The van der Waals surface area contributed by atoms with Gasteiger partial charge in [-0.25, -0.2) is 15.0 Å². The third-order valence-electron chi connectivity index (χ3n) is 13.8. The van der Waals surface area contributed by atoms with Gasteiger partial charge in [0.15, 0.2) is 0 Å². The van der Waals surface area contributed by atoms with Crippen molar-refractivity contribution < 1.29 is 24.2 Å². The zero-order valence-corrected chi connectivity index (χ0v) is 42.0. The number of benzene rings is 2. The molecule has 1 aliphatic heterocycles. The van der Waals surface area contributed by atoms with Crippen molar-refractivity contribution in [2.45, 2.75) is 124 Å². The first-order chi connectivity index (χ1) is 32.3. The number of aliphatic hydroxyl groups excluding tert-OH is 1. The Balaban J connectivity index is 0.861. The zero-order valence-electron chi connectivity index (χ0n) is 40.5. The lowest BCUT2D eigenvalue weighted by molar-refractivity contribution is -0.164. The number of halogens is 1. The zero-order chi connectivity index (χ0) is 49.1. The minimum atomic E-state index is -0.800. The fraction of sp³-hybridized carbons (Fsp3) is 0.481. The summed E-state index contributed by atoms with van der Waals surface area (Å²) in [5, 5.41) is 30.0. The first-order valence-corrected chi connectivity index (χ1v) is 24.7. The van der Waals surface area contributed by atoms with Crippen LogP contribution in [0.25, 0.3) is 10.4 Å². The van der Waals surface area contributed by atoms with Gasteiger partial charge in [0, 0.05) is 61.4 Å². The normalized spacial score (nSPS) is 20.2. The number of unbranched alkanes of at least 4 members (excludes halogenated alkanes) is 2. The predicted molar refractivity (Wildman–Crippen MR) is 265 cm³/mol. The van der Waals surface area contributed by atoms with Gasteiger partial charge in [-0.2, -0.15) is 5.26 Å². The smallest absolute Gasteiger partial charge is 0.270 e. The van der Waals surface area contributed by atoms with E-state index in [2.05, 4.69) is 59.7 Å². The van der Waals surface area contributed by atoms with E-state index in [-0.39, 0.29) is 54.8 Å². The quantitative estimate of drug-likeness (QED) is 0.0619. The van der Waals surface area contributed by atoms with Crippen LogP contribution in [0.1, 0.15) is 125 Å². The molecule has 68 heavy (non-hydrogen) atoms. The van der Waals surface area contributed by atoms with E-state index in [1.165, 1.54) is 0 Å². The Morgan fingerprint density at radius 2 is 1.72 bits per heavy atom. The van der Waals surface area contributed by atoms with Crippen molar-refractivity contribution in [1.29, 1.82) is 5.26 Å². The Kier molecular flexibility index (Phi) is 15.3. The van der Waals surface area contributed by atoms with Gasteiger partial charge in [-0.1, -0.05) is 83.8 Å². The summed E-state index contributed by atoms with van der Waals surface area (Å²) in [5.74, 6) is -0.200. The van der Waals surface area contributed by atoms with E-state index >= 15 is 0 Å². The topological polar surface area (TPSA) is 187 Å². The fourth-order valence-electron chi connectivity index (χ4n) is 10.3. The van der Waals surface area contributed by atoms with Crippen molar-refractivity contribution >= 4 is 46.3 Å². The van der Waals surface area contributed by atoms with E-state index in [4.69, 9.17) is 21.3 Å². The molecular formula is C52H64ClN9O5S. The molecule has 2 unspecified atom stereocenters. The van der Waals surface area contributed by atoms with Crippen LogP contribution in [0.3, 0.4) is 0 Å². The maximum absolute atomic E-state index is 14.4. The SMILES string of the molecule is Cc1ncsc1-c1ccc(C(C)NC(=O)[C@@H]2C[C@@H](O)CN2C(=O)C(c2ncc(CCCCCNc3ccc(C(=O)N[C@H]4C(C)(C)[C@H](Oc5ccc(C#N)c(Cl)c5)C4(C)C)nc3)n2C)C(C)C)cc1. The van der Waals surface area contributed by atoms with Crippen molar-refractivity contribution in [2.24, 2.45) is 23.8 Å². The number of hydrogen-bond donors (Lipinski definition) is 4. The average molecular weight is 963 g/mol. The standard InChI is InChI=1S/C52H64ClN9O5S/c1-30(2)43(48(66)62-28-38(63)23-42(62)47(65)59-31(3)33-14-16-34(17-15-33)44-32(4)58-29-68-44)45-57-27-37(61(45)9)13-11-10-12-22-55-36-19-21-41(56-26-36)46(64)60-49-51(5,6)50(52(49,7)8)67-39-20-18-35(25-54)40(53)24-39/h14-21,24,26-27,29-31,38,42-43,49-50,55,63H,10-13,22-23,28H2,1-9H3,(H,59,65)(H,60,64)/t31?,38-,42+,43?,49-,50-/m1/s1. The number of aliphatic hydroxyl groups is 1. The molecule has 4 atom stereocenters. The highest BCUT2D eigenvalue weighted by Gasteiger charge is 2.64. The van der Waals surface area contributed by atoms with Crippen LogP contribution < -0.4 is 20.7 Å². The molecule has 1 aliphatic carbocycles. The van der Waals surface area contributed by atoms with Gasteiger partial charge in [0.25, 0.3) is 5.91 Å². The van der Waals surface area contributed by atoms with Crippen LogP contribution in [-0.2, 0) is 23.1 Å². The van der Waals surface area contributed by atoms with Crippen LogP contribution in [-0.4, -0.2) is 84.6 Å². The van der Waals surface area contributed by atoms with E-state index in [0.29, 0.717) is 27.9 Å². The Labute approximate surface area is 408 Å². The number of hydrogen-bond acceptors (Lipinski definition) is 11. The number of pyridine rings is 1. The lowest BCUT2D eigenvalue weighted by Crippen LogP contribution is -2.74. The summed E-state index contributed by atoms with van der Waals surface area (Å²) in [5.41, 5.74) is 6.62. The molecule has 360 valence electrons. The third-order valence-corrected chi connectivity index (χ3v) is 15.1. The average Bonchev–Trinajstić information content (AvgIpc) is 4.03. The number of anilines is 1. The molecule has 0 bridgehead atoms. The van der Waals surface area contributed by atoms with Crippen molar-refractivity contribution in [3.05, 3.63) is 112 Å². The molecule has 1 saturated carbocycles. The number of nitriles is 1. The number of amides is 3. The number of likely N-dealkylation sites (tertiary alicyclic amines) is 1. The maximum atomic E-state index is 14.4. The van der Waals surface area contributed by atoms with Crippen LogP contribution in [0.4, 0.5) is 5.69 Å². The Morgan fingerprint density at radius 3 is 2.35 bits per heavy atom. The number of ether oxygens (including phenoxy) is 1. The molecule has 0 radical (unpaired) electrons. The summed E-state index contributed by atoms with van der Waals surface area (Å²) >= 11 is 7.84. The van der Waals surface area contributed by atoms with Crippen LogP contribution in [0.15, 0.2) is 72.5 Å². The molecule has 7 rings (SSSR count). The third kappa shape index (κ3) is 10.6. The first kappa shape index (κ1) is 50.1. The summed E-state index contributed by atoms with van der Waals surface area (Å²) in [6, 6.07) is 17.5. The summed E-state index contributed by atoms with van der Waals surface area (Å²) < 4.78 is 8.37. The van der Waals surface area contributed by atoms with Gasteiger partial charge in [-0.05, 0) is 74.4 Å². The number of nitrogens with one attached hydrogen (secondary N) is 3. The molecule has 4 heterocycles. The molecule has 0 spiro atoms. The summed E-state index contributed by atoms with van der Waals surface area (Å²) in [4.78, 5) is 57.8. The summed E-state index contributed by atoms with van der Waals surface area (Å²) in [6.07, 6.45) is 6.28. The summed E-state index contributed by atoms with van der Waals surface area (Å²) in [7, 11) is 1.94. The monoisotopic (exact) mass is 961 g/mol. The van der Waals surface area contributed by atoms with Gasteiger partial charge in [0.1, 0.15) is 35.5 Å². The number of β-amino-alcohol motifs (C(OH)–C–C–N with tert-alkyl or cyclic N) is 1. The second kappa shape index (κ2) is 20.8. The number of imidazole rings is 1. The number of nitrogens with zero attached hydrogens (tertiary/aromatic N) is 6. The Bertz CT molecular complexity index is 2620. The number of aromatic nitrogens is 4. The number of aryl methyl sites for hydroxylation is 2. The van der Waals surface area contributed by atoms with E-state index in [1.54, 1.807) is 46.7 Å². The highest BCUT2D eigenvalue weighted by atomic mass is 35.5. The number of carbonyl (C=O) groups is 3. The highest BCUT2D eigenvalue weighted by molar-refractivity contribution is 7.13. The van der Waals surface area contributed by atoms with Gasteiger partial charge in [-0.15, -0.1) is 11.3 Å². The minimum Gasteiger partial charge on any atom is -0.489 e. The molecule has 3 amide bonds. The van der Waals surface area contributed by atoms with E-state index in [9.17, 15) is 24.8 Å². The highest BCUT2D eigenvalue weighted by Crippen LogP contribution is 2.55. The van der Waals surface area contributed by atoms with Crippen molar-refractivity contribution in [3.8, 4) is 22.3 Å². The fourth-order valence-corrected chi connectivity index (χ4v) is 11.4. The minimum absolute atomic E-state index is 0.0901. The second-order valence-electron chi connectivity index (χ2n) is 19.9. The van der Waals surface area contributed by atoms with Gasteiger partial charge in [-0.3, -0.25) is 14.4 Å². The molecule has 2 fully saturated rings. The predicted octanol–water partition coefficient (Wildman–Crippen LogP) is 8.79. The van der Waals surface area contributed by atoms with Crippen molar-refractivity contribution in [1.82, 2.24) is 35.1 Å². The lowest BCUT2D eigenvalue weighted by atomic mass is 9.49. The largest absolute Gasteiger partial charge is 0.489 e. The summed E-state index contributed by atoms with van der Waals surface area (Å²) in [6.45, 7) is 17.0. The van der Waals surface area contributed by atoms with Crippen LogP contribution in [0.5, 0.6) is 5.75 Å². The van der Waals surface area contributed by atoms with Gasteiger partial charge < -0.3 is 35.3 Å². The van der Waals surface area contributed by atoms with Gasteiger partial charge in [0.05, 0.1) is 56.6 Å². The lowest BCUT2D eigenvalue weighted by Gasteiger charge is -2.63.